The number of hydrogen-bond donors (Lipinski definition) is 1. The van der Waals surface area contributed by atoms with Gasteiger partial charge in [0.15, 0.2) is 0 Å². The van der Waals surface area contributed by atoms with Gasteiger partial charge in [0.1, 0.15) is 12.4 Å². The molecule has 1 N–H and O–H groups in total. The molecule has 2 rings (SSSR count). The Morgan fingerprint density at radius 1 is 1.26 bits per heavy atom. The molecule has 0 bridgehead atoms. The monoisotopic (exact) mass is 276 g/mol. The van der Waals surface area contributed by atoms with Gasteiger partial charge in [-0.2, -0.15) is 0 Å². The summed E-state index contributed by atoms with van der Waals surface area (Å²) < 4.78 is 5.74. The van der Waals surface area contributed by atoms with Crippen molar-refractivity contribution in [3.05, 3.63) is 58.4 Å². The third-order valence-corrected chi connectivity index (χ3v) is 3.01. The lowest BCUT2D eigenvalue weighted by atomic mass is 10.2. The highest BCUT2D eigenvalue weighted by molar-refractivity contribution is 6.30. The molecule has 0 spiro atoms. The minimum absolute atomic E-state index is 0.461. The Morgan fingerprint density at radius 3 is 2.74 bits per heavy atom. The second kappa shape index (κ2) is 6.55. The lowest BCUT2D eigenvalue weighted by Crippen LogP contribution is -2.06. The first-order valence-electron chi connectivity index (χ1n) is 6.16. The van der Waals surface area contributed by atoms with Crippen molar-refractivity contribution >= 4 is 11.6 Å². The maximum atomic E-state index is 5.91. The van der Waals surface area contributed by atoms with Crippen molar-refractivity contribution in [1.29, 1.82) is 0 Å². The average Bonchev–Trinajstić information content (AvgIpc) is 2.40. The minimum atomic E-state index is 0.461. The van der Waals surface area contributed by atoms with Gasteiger partial charge in [-0.25, -0.2) is 0 Å². The van der Waals surface area contributed by atoms with Crippen LogP contribution in [-0.2, 0) is 13.2 Å². The molecule has 0 fully saturated rings. The molecule has 0 aliphatic carbocycles. The van der Waals surface area contributed by atoms with Gasteiger partial charge in [-0.05, 0) is 49.4 Å². The fourth-order valence-corrected chi connectivity index (χ4v) is 2.00. The smallest absolute Gasteiger partial charge is 0.130 e. The molecule has 1 heterocycles. The molecule has 0 atom stereocenters. The van der Waals surface area contributed by atoms with Crippen molar-refractivity contribution in [2.45, 2.75) is 20.1 Å². The highest BCUT2D eigenvalue weighted by Gasteiger charge is 2.02. The van der Waals surface area contributed by atoms with Crippen LogP contribution in [0.25, 0.3) is 0 Å². The van der Waals surface area contributed by atoms with Crippen LogP contribution >= 0.6 is 11.6 Å². The van der Waals surface area contributed by atoms with Crippen molar-refractivity contribution in [1.82, 2.24) is 10.3 Å². The van der Waals surface area contributed by atoms with Crippen LogP contribution in [0, 0.1) is 6.92 Å². The van der Waals surface area contributed by atoms with Crippen LogP contribution in [-0.4, -0.2) is 12.0 Å². The number of benzene rings is 1. The maximum absolute atomic E-state index is 5.91. The third kappa shape index (κ3) is 3.94. The van der Waals surface area contributed by atoms with Gasteiger partial charge in [0.25, 0.3) is 0 Å². The summed E-state index contributed by atoms with van der Waals surface area (Å²) >= 11 is 5.91. The Balaban J connectivity index is 1.98. The number of aromatic nitrogens is 1. The molecule has 0 radical (unpaired) electrons. The van der Waals surface area contributed by atoms with Gasteiger partial charge in [0.2, 0.25) is 0 Å². The van der Waals surface area contributed by atoms with E-state index >= 15 is 0 Å². The summed E-state index contributed by atoms with van der Waals surface area (Å²) in [5.41, 5.74) is 3.10. The van der Waals surface area contributed by atoms with E-state index in [2.05, 4.69) is 16.4 Å². The number of hydrogen-bond acceptors (Lipinski definition) is 3. The Hall–Kier alpha value is -1.58. The van der Waals surface area contributed by atoms with Crippen LogP contribution in [0.1, 0.15) is 16.8 Å². The molecule has 100 valence electrons. The average molecular weight is 277 g/mol. The summed E-state index contributed by atoms with van der Waals surface area (Å²) in [7, 11) is 1.92. The van der Waals surface area contributed by atoms with Crippen molar-refractivity contribution in [3.63, 3.8) is 0 Å². The third-order valence-electron chi connectivity index (χ3n) is 2.78. The number of rotatable bonds is 5. The molecule has 0 aliphatic heterocycles. The molecule has 1 aromatic carbocycles. The number of nitrogens with one attached hydrogen (secondary N) is 1. The van der Waals surface area contributed by atoms with E-state index in [0.29, 0.717) is 6.61 Å². The van der Waals surface area contributed by atoms with Gasteiger partial charge in [-0.3, -0.25) is 4.98 Å². The Labute approximate surface area is 118 Å². The molecule has 0 unspecified atom stereocenters. The van der Waals surface area contributed by atoms with Gasteiger partial charge < -0.3 is 10.1 Å². The van der Waals surface area contributed by atoms with E-state index in [1.165, 1.54) is 0 Å². The highest BCUT2D eigenvalue weighted by atomic mass is 35.5. The van der Waals surface area contributed by atoms with E-state index in [9.17, 15) is 0 Å². The van der Waals surface area contributed by atoms with Crippen LogP contribution in [0.4, 0.5) is 0 Å². The summed E-state index contributed by atoms with van der Waals surface area (Å²) in [6.45, 7) is 3.26. The van der Waals surface area contributed by atoms with Crippen molar-refractivity contribution in [2.75, 3.05) is 7.05 Å². The van der Waals surface area contributed by atoms with Crippen LogP contribution in [0.15, 0.2) is 36.5 Å². The standard InChI is InChI=1S/C15H17ClN2O/c1-11-7-13(16)4-6-15(11)19-10-14-5-3-12(8-17-2)9-18-14/h3-7,9,17H,8,10H2,1-2H3. The molecule has 4 heteroatoms. The van der Waals surface area contributed by atoms with E-state index in [0.717, 1.165) is 34.1 Å². The first kappa shape index (κ1) is 13.8. The van der Waals surface area contributed by atoms with Gasteiger partial charge in [0, 0.05) is 17.8 Å². The molecule has 0 amide bonds. The maximum Gasteiger partial charge on any atom is 0.130 e. The first-order chi connectivity index (χ1) is 9.19. The zero-order valence-corrected chi connectivity index (χ0v) is 11.9. The number of aryl methyl sites for hydroxylation is 1. The van der Waals surface area contributed by atoms with Gasteiger partial charge >= 0.3 is 0 Å². The SMILES string of the molecule is CNCc1ccc(COc2ccc(Cl)cc2C)nc1. The zero-order valence-electron chi connectivity index (χ0n) is 11.1. The van der Waals surface area contributed by atoms with E-state index in [-0.39, 0.29) is 0 Å². The Morgan fingerprint density at radius 2 is 2.11 bits per heavy atom. The first-order valence-corrected chi connectivity index (χ1v) is 6.54. The van der Waals surface area contributed by atoms with Crippen molar-refractivity contribution in [2.24, 2.45) is 0 Å². The van der Waals surface area contributed by atoms with Gasteiger partial charge in [-0.15, -0.1) is 0 Å². The molecular weight excluding hydrogens is 260 g/mol. The largest absolute Gasteiger partial charge is 0.487 e. The predicted molar refractivity (Wildman–Crippen MR) is 77.5 cm³/mol. The molecule has 0 aliphatic rings. The molecule has 1 aromatic heterocycles. The number of halogens is 1. The van der Waals surface area contributed by atoms with Gasteiger partial charge in [0.05, 0.1) is 5.69 Å². The Bertz CT molecular complexity index is 540. The zero-order chi connectivity index (χ0) is 13.7. The Kier molecular flexibility index (Phi) is 4.77. The summed E-state index contributed by atoms with van der Waals surface area (Å²) in [6.07, 6.45) is 1.86. The summed E-state index contributed by atoms with van der Waals surface area (Å²) in [5, 5.41) is 3.81. The van der Waals surface area contributed by atoms with E-state index < -0.39 is 0 Å². The molecule has 0 saturated carbocycles. The lowest BCUT2D eigenvalue weighted by Gasteiger charge is -2.09. The van der Waals surface area contributed by atoms with Crippen molar-refractivity contribution < 1.29 is 4.74 Å². The molecule has 3 nitrogen and oxygen atoms in total. The molecular formula is C15H17ClN2O. The number of nitrogens with zero attached hydrogens (tertiary/aromatic N) is 1. The van der Waals surface area contributed by atoms with Gasteiger partial charge in [-0.1, -0.05) is 17.7 Å². The minimum Gasteiger partial charge on any atom is -0.487 e. The van der Waals surface area contributed by atoms with Crippen LogP contribution in [0.2, 0.25) is 5.02 Å². The van der Waals surface area contributed by atoms with E-state index in [1.54, 1.807) is 0 Å². The topological polar surface area (TPSA) is 34.1 Å². The fourth-order valence-electron chi connectivity index (χ4n) is 1.78. The van der Waals surface area contributed by atoms with E-state index in [1.807, 2.05) is 44.4 Å². The molecule has 0 saturated heterocycles. The predicted octanol–water partition coefficient (Wildman–Crippen LogP) is 3.34. The van der Waals surface area contributed by atoms with E-state index in [4.69, 9.17) is 16.3 Å². The van der Waals surface area contributed by atoms with Crippen molar-refractivity contribution in [3.8, 4) is 5.75 Å². The normalized spacial score (nSPS) is 10.5. The molecule has 2 aromatic rings. The molecule has 19 heavy (non-hydrogen) atoms. The lowest BCUT2D eigenvalue weighted by molar-refractivity contribution is 0.299. The van der Waals surface area contributed by atoms with Crippen LogP contribution in [0.5, 0.6) is 5.75 Å². The second-order valence-corrected chi connectivity index (χ2v) is 4.82. The number of ether oxygens (including phenoxy) is 1. The number of pyridine rings is 1. The second-order valence-electron chi connectivity index (χ2n) is 4.39. The summed E-state index contributed by atoms with van der Waals surface area (Å²) in [6, 6.07) is 9.63. The summed E-state index contributed by atoms with van der Waals surface area (Å²) in [4.78, 5) is 4.37. The summed E-state index contributed by atoms with van der Waals surface area (Å²) in [5.74, 6) is 0.838. The van der Waals surface area contributed by atoms with Crippen LogP contribution in [0.3, 0.4) is 0 Å². The quantitative estimate of drug-likeness (QED) is 0.909. The van der Waals surface area contributed by atoms with Crippen LogP contribution < -0.4 is 10.1 Å². The fraction of sp³-hybridized carbons (Fsp3) is 0.267. The highest BCUT2D eigenvalue weighted by Crippen LogP contribution is 2.22.